The highest BCUT2D eigenvalue weighted by atomic mass is 16.5. The van der Waals surface area contributed by atoms with E-state index in [9.17, 15) is 5.11 Å². The van der Waals surface area contributed by atoms with E-state index in [1.54, 1.807) is 6.08 Å². The van der Waals surface area contributed by atoms with E-state index in [4.69, 9.17) is 4.74 Å². The minimum absolute atomic E-state index is 0.0140. The maximum absolute atomic E-state index is 10.2. The third kappa shape index (κ3) is 4.51. The highest BCUT2D eigenvalue weighted by molar-refractivity contribution is 5.29. The molecule has 1 aromatic carbocycles. The van der Waals surface area contributed by atoms with Crippen molar-refractivity contribution in [2.24, 2.45) is 0 Å². The lowest BCUT2D eigenvalue weighted by Crippen LogP contribution is -2.32. The molecule has 1 aromatic rings. The first-order valence-corrected chi connectivity index (χ1v) is 6.33. The minimum Gasteiger partial charge on any atom is -0.491 e. The normalized spacial score (nSPS) is 14.3. The number of aliphatic hydroxyl groups excluding tert-OH is 1. The molecule has 2 N–H and O–H groups in total. The molecule has 100 valence electrons. The van der Waals surface area contributed by atoms with Crippen LogP contribution in [0.2, 0.25) is 0 Å². The molecule has 0 aliphatic rings. The van der Waals surface area contributed by atoms with Crippen LogP contribution in [0.3, 0.4) is 0 Å². The van der Waals surface area contributed by atoms with E-state index < -0.39 is 6.10 Å². The van der Waals surface area contributed by atoms with Gasteiger partial charge in [-0.3, -0.25) is 0 Å². The zero-order valence-electron chi connectivity index (χ0n) is 11.4. The molecule has 3 nitrogen and oxygen atoms in total. The molecule has 0 aromatic heterocycles. The average molecular weight is 249 g/mol. The summed E-state index contributed by atoms with van der Waals surface area (Å²) in [6.07, 6.45) is 1.41. The van der Waals surface area contributed by atoms with Gasteiger partial charge in [0.05, 0.1) is 12.2 Å². The Morgan fingerprint density at radius 3 is 2.39 bits per heavy atom. The van der Waals surface area contributed by atoms with Gasteiger partial charge in [0.25, 0.3) is 0 Å². The molecular weight excluding hydrogens is 226 g/mol. The maximum Gasteiger partial charge on any atom is 0.119 e. The van der Waals surface area contributed by atoms with Crippen molar-refractivity contribution in [1.82, 2.24) is 5.32 Å². The van der Waals surface area contributed by atoms with E-state index in [1.807, 2.05) is 45.0 Å². The van der Waals surface area contributed by atoms with Gasteiger partial charge in [-0.25, -0.2) is 0 Å². The predicted octanol–water partition coefficient (Wildman–Crippen LogP) is 2.67. The summed E-state index contributed by atoms with van der Waals surface area (Å²) in [6, 6.07) is 7.56. The first-order chi connectivity index (χ1) is 8.54. The molecular formula is C15H23NO2. The van der Waals surface area contributed by atoms with Crippen LogP contribution in [0.15, 0.2) is 36.9 Å². The van der Waals surface area contributed by atoms with Crippen LogP contribution in [0.4, 0.5) is 0 Å². The summed E-state index contributed by atoms with van der Waals surface area (Å²) in [5, 5.41) is 13.3. The van der Waals surface area contributed by atoms with Crippen molar-refractivity contribution in [2.45, 2.75) is 39.0 Å². The lowest BCUT2D eigenvalue weighted by atomic mass is 10.0. The van der Waals surface area contributed by atoms with E-state index in [1.165, 1.54) is 0 Å². The first-order valence-electron chi connectivity index (χ1n) is 6.33. The number of hydrogen-bond donors (Lipinski definition) is 2. The topological polar surface area (TPSA) is 41.5 Å². The van der Waals surface area contributed by atoms with Gasteiger partial charge in [0.15, 0.2) is 0 Å². The van der Waals surface area contributed by atoms with Crippen molar-refractivity contribution in [3.8, 4) is 5.75 Å². The van der Waals surface area contributed by atoms with Crippen LogP contribution in [0, 0.1) is 0 Å². The van der Waals surface area contributed by atoms with Crippen LogP contribution in [0.5, 0.6) is 5.75 Å². The Labute approximate surface area is 109 Å². The maximum atomic E-state index is 10.2. The molecule has 2 unspecified atom stereocenters. The summed E-state index contributed by atoms with van der Waals surface area (Å²) >= 11 is 0. The molecule has 0 fully saturated rings. The van der Waals surface area contributed by atoms with Gasteiger partial charge in [-0.15, -0.1) is 6.58 Å². The van der Waals surface area contributed by atoms with Gasteiger partial charge in [-0.2, -0.15) is 0 Å². The van der Waals surface area contributed by atoms with Gasteiger partial charge < -0.3 is 15.2 Å². The molecule has 0 radical (unpaired) electrons. The SMILES string of the molecule is C=CCNC(C)C(O)c1ccc(OC(C)C)cc1. The number of nitrogens with one attached hydrogen (secondary N) is 1. The lowest BCUT2D eigenvalue weighted by molar-refractivity contribution is 0.138. The van der Waals surface area contributed by atoms with Crippen LogP contribution in [-0.4, -0.2) is 23.8 Å². The summed E-state index contributed by atoms with van der Waals surface area (Å²) in [4.78, 5) is 0. The smallest absolute Gasteiger partial charge is 0.119 e. The quantitative estimate of drug-likeness (QED) is 0.730. The van der Waals surface area contributed by atoms with Gasteiger partial charge in [0.2, 0.25) is 0 Å². The Balaban J connectivity index is 2.63. The van der Waals surface area contributed by atoms with Gasteiger partial charge in [-0.05, 0) is 38.5 Å². The molecule has 1 rings (SSSR count). The summed E-state index contributed by atoms with van der Waals surface area (Å²) < 4.78 is 5.56. The molecule has 3 heteroatoms. The summed E-state index contributed by atoms with van der Waals surface area (Å²) in [7, 11) is 0. The van der Waals surface area contributed by atoms with E-state index >= 15 is 0 Å². The third-order valence-corrected chi connectivity index (χ3v) is 2.65. The molecule has 0 saturated heterocycles. The monoisotopic (exact) mass is 249 g/mol. The Kier molecular flexibility index (Phi) is 5.89. The number of hydrogen-bond acceptors (Lipinski definition) is 3. The fraction of sp³-hybridized carbons (Fsp3) is 0.467. The third-order valence-electron chi connectivity index (χ3n) is 2.65. The Morgan fingerprint density at radius 2 is 1.89 bits per heavy atom. The van der Waals surface area contributed by atoms with Crippen LogP contribution in [0.1, 0.15) is 32.4 Å². The number of aliphatic hydroxyl groups is 1. The Hall–Kier alpha value is -1.32. The van der Waals surface area contributed by atoms with Crippen molar-refractivity contribution in [3.05, 3.63) is 42.5 Å². The second kappa shape index (κ2) is 7.19. The van der Waals surface area contributed by atoms with E-state index in [0.717, 1.165) is 11.3 Å². The van der Waals surface area contributed by atoms with Crippen LogP contribution in [0.25, 0.3) is 0 Å². The highest BCUT2D eigenvalue weighted by Gasteiger charge is 2.15. The second-order valence-electron chi connectivity index (χ2n) is 4.67. The zero-order valence-corrected chi connectivity index (χ0v) is 11.4. The average Bonchev–Trinajstić information content (AvgIpc) is 2.35. The number of benzene rings is 1. The van der Waals surface area contributed by atoms with Gasteiger partial charge in [0.1, 0.15) is 5.75 Å². The Bertz CT molecular complexity index is 359. The van der Waals surface area contributed by atoms with Crippen molar-refractivity contribution in [3.63, 3.8) is 0 Å². The van der Waals surface area contributed by atoms with Crippen molar-refractivity contribution >= 4 is 0 Å². The zero-order chi connectivity index (χ0) is 13.5. The molecule has 0 aliphatic carbocycles. The van der Waals surface area contributed by atoms with Crippen LogP contribution < -0.4 is 10.1 Å². The predicted molar refractivity (Wildman–Crippen MR) is 74.8 cm³/mol. The van der Waals surface area contributed by atoms with Crippen molar-refractivity contribution in [1.29, 1.82) is 0 Å². The molecule has 0 bridgehead atoms. The summed E-state index contributed by atoms with van der Waals surface area (Å²) in [6.45, 7) is 10.3. The van der Waals surface area contributed by atoms with Gasteiger partial charge >= 0.3 is 0 Å². The van der Waals surface area contributed by atoms with Gasteiger partial charge in [0, 0.05) is 12.6 Å². The molecule has 0 heterocycles. The van der Waals surface area contributed by atoms with Crippen LogP contribution in [-0.2, 0) is 0 Å². The van der Waals surface area contributed by atoms with Crippen molar-refractivity contribution < 1.29 is 9.84 Å². The van der Waals surface area contributed by atoms with Gasteiger partial charge in [-0.1, -0.05) is 18.2 Å². The number of ether oxygens (including phenoxy) is 1. The van der Waals surface area contributed by atoms with E-state index in [2.05, 4.69) is 11.9 Å². The van der Waals surface area contributed by atoms with Crippen molar-refractivity contribution in [2.75, 3.05) is 6.54 Å². The molecule has 0 saturated carbocycles. The molecule has 2 atom stereocenters. The minimum atomic E-state index is -0.530. The second-order valence-corrected chi connectivity index (χ2v) is 4.67. The summed E-state index contributed by atoms with van der Waals surface area (Å²) in [5.74, 6) is 0.827. The molecule has 0 amide bonds. The molecule has 0 spiro atoms. The highest BCUT2D eigenvalue weighted by Crippen LogP contribution is 2.20. The van der Waals surface area contributed by atoms with Crippen LogP contribution >= 0.6 is 0 Å². The fourth-order valence-corrected chi connectivity index (χ4v) is 1.69. The standard InChI is InChI=1S/C15H23NO2/c1-5-10-16-12(4)15(17)13-6-8-14(9-7-13)18-11(2)3/h5-9,11-12,15-17H,1,10H2,2-4H3. The lowest BCUT2D eigenvalue weighted by Gasteiger charge is -2.20. The molecule has 0 aliphatic heterocycles. The fourth-order valence-electron chi connectivity index (χ4n) is 1.69. The largest absolute Gasteiger partial charge is 0.491 e. The van der Waals surface area contributed by atoms with E-state index in [-0.39, 0.29) is 12.1 Å². The van der Waals surface area contributed by atoms with E-state index in [0.29, 0.717) is 6.54 Å². The first kappa shape index (κ1) is 14.7. The Morgan fingerprint density at radius 1 is 1.28 bits per heavy atom. The summed E-state index contributed by atoms with van der Waals surface area (Å²) in [5.41, 5.74) is 0.884. The number of rotatable bonds is 7. The molecule has 18 heavy (non-hydrogen) atoms.